The quantitative estimate of drug-likeness (QED) is 0.610. The Kier molecular flexibility index (Phi) is 5.40. The van der Waals surface area contributed by atoms with E-state index in [-0.39, 0.29) is 41.4 Å². The molecule has 0 fully saturated rings. The Hall–Kier alpha value is -3.35. The third kappa shape index (κ3) is 4.08. The smallest absolute Gasteiger partial charge is 0.344 e. The van der Waals surface area contributed by atoms with Crippen LogP contribution in [0.25, 0.3) is 11.0 Å². The number of halogens is 1. The highest BCUT2D eigenvalue weighted by Crippen LogP contribution is 2.28. The predicted molar refractivity (Wildman–Crippen MR) is 95.8 cm³/mol. The maximum absolute atomic E-state index is 13.8. The van der Waals surface area contributed by atoms with Crippen molar-refractivity contribution in [1.82, 2.24) is 0 Å². The summed E-state index contributed by atoms with van der Waals surface area (Å²) in [4.78, 5) is 24.1. The molecule has 0 N–H and O–H groups in total. The van der Waals surface area contributed by atoms with Crippen LogP contribution < -0.4 is 14.9 Å². The molecular formula is C20H17FO6. The van der Waals surface area contributed by atoms with Gasteiger partial charge in [-0.25, -0.2) is 9.18 Å². The lowest BCUT2D eigenvalue weighted by Gasteiger charge is -2.10. The fourth-order valence-corrected chi connectivity index (χ4v) is 2.46. The first kappa shape index (κ1) is 18.4. The third-order valence-electron chi connectivity index (χ3n) is 3.70. The van der Waals surface area contributed by atoms with E-state index in [1.54, 1.807) is 19.9 Å². The molecule has 0 unspecified atom stereocenters. The Labute approximate surface area is 154 Å². The zero-order valence-electron chi connectivity index (χ0n) is 14.8. The molecule has 0 radical (unpaired) electrons. The first-order valence-electron chi connectivity index (χ1n) is 8.28. The maximum Gasteiger partial charge on any atom is 0.344 e. The Morgan fingerprint density at radius 2 is 1.96 bits per heavy atom. The van der Waals surface area contributed by atoms with Gasteiger partial charge in [0, 0.05) is 6.07 Å². The standard InChI is InChI=1S/C20H17FO6/c1-3-24-18(22)11-25-13-8-9-14-17(10-13)26-12(2)20(19(14)23)27-16-7-5-4-6-15(16)21/h4-10H,3,11H2,1-2H3. The monoisotopic (exact) mass is 372 g/mol. The van der Waals surface area contributed by atoms with Gasteiger partial charge in [-0.05, 0) is 38.1 Å². The topological polar surface area (TPSA) is 75.0 Å². The second-order valence-corrected chi connectivity index (χ2v) is 5.60. The molecule has 3 rings (SSSR count). The number of hydrogen-bond donors (Lipinski definition) is 0. The molecule has 27 heavy (non-hydrogen) atoms. The average molecular weight is 372 g/mol. The van der Waals surface area contributed by atoms with E-state index in [4.69, 9.17) is 18.6 Å². The summed E-state index contributed by atoms with van der Waals surface area (Å²) in [5.74, 6) is -0.698. The lowest BCUT2D eigenvalue weighted by Crippen LogP contribution is -2.14. The Bertz CT molecular complexity index is 1040. The van der Waals surface area contributed by atoms with E-state index in [1.807, 2.05) is 0 Å². The summed E-state index contributed by atoms with van der Waals surface area (Å²) >= 11 is 0. The molecule has 7 heteroatoms. The zero-order valence-corrected chi connectivity index (χ0v) is 14.8. The molecule has 6 nitrogen and oxygen atoms in total. The molecular weight excluding hydrogens is 355 g/mol. The molecule has 0 saturated carbocycles. The highest BCUT2D eigenvalue weighted by Gasteiger charge is 2.16. The SMILES string of the molecule is CCOC(=O)COc1ccc2c(=O)c(Oc3ccccc3F)c(C)oc2c1. The van der Waals surface area contributed by atoms with Gasteiger partial charge in [-0.15, -0.1) is 0 Å². The number of carbonyl (C=O) groups excluding carboxylic acids is 1. The van der Waals surface area contributed by atoms with Crippen molar-refractivity contribution in [3.05, 3.63) is 64.3 Å². The summed E-state index contributed by atoms with van der Waals surface area (Å²) in [5.41, 5.74) is -0.173. The van der Waals surface area contributed by atoms with Gasteiger partial charge in [0.25, 0.3) is 0 Å². The van der Waals surface area contributed by atoms with Crippen LogP contribution in [0.15, 0.2) is 51.7 Å². The van der Waals surface area contributed by atoms with Crippen LogP contribution in [0.5, 0.6) is 17.2 Å². The first-order chi connectivity index (χ1) is 13.0. The molecule has 0 amide bonds. The van der Waals surface area contributed by atoms with Crippen LogP contribution in [0.3, 0.4) is 0 Å². The number of carbonyl (C=O) groups is 1. The Balaban J connectivity index is 1.91. The fourth-order valence-electron chi connectivity index (χ4n) is 2.46. The number of benzene rings is 2. The van der Waals surface area contributed by atoms with Crippen molar-refractivity contribution in [2.75, 3.05) is 13.2 Å². The van der Waals surface area contributed by atoms with E-state index in [9.17, 15) is 14.0 Å². The van der Waals surface area contributed by atoms with Crippen LogP contribution in [-0.4, -0.2) is 19.2 Å². The molecule has 2 aromatic carbocycles. The van der Waals surface area contributed by atoms with Gasteiger partial charge >= 0.3 is 5.97 Å². The Morgan fingerprint density at radius 3 is 2.70 bits per heavy atom. The van der Waals surface area contributed by atoms with E-state index >= 15 is 0 Å². The van der Waals surface area contributed by atoms with Crippen LogP contribution in [0.4, 0.5) is 4.39 Å². The van der Waals surface area contributed by atoms with Crippen LogP contribution >= 0.6 is 0 Å². The van der Waals surface area contributed by atoms with Gasteiger partial charge in [-0.2, -0.15) is 0 Å². The van der Waals surface area contributed by atoms with Crippen molar-refractivity contribution in [1.29, 1.82) is 0 Å². The maximum atomic E-state index is 13.8. The molecule has 0 aliphatic rings. The third-order valence-corrected chi connectivity index (χ3v) is 3.70. The molecule has 0 atom stereocenters. The van der Waals surface area contributed by atoms with Gasteiger partial charge in [-0.1, -0.05) is 12.1 Å². The van der Waals surface area contributed by atoms with Crippen LogP contribution in [0, 0.1) is 12.7 Å². The van der Waals surface area contributed by atoms with Gasteiger partial charge < -0.3 is 18.6 Å². The van der Waals surface area contributed by atoms with E-state index in [2.05, 4.69) is 0 Å². The minimum Gasteiger partial charge on any atom is -0.482 e. The van der Waals surface area contributed by atoms with Gasteiger partial charge in [-0.3, -0.25) is 4.79 Å². The van der Waals surface area contributed by atoms with Crippen molar-refractivity contribution in [2.24, 2.45) is 0 Å². The van der Waals surface area contributed by atoms with Crippen molar-refractivity contribution >= 4 is 16.9 Å². The molecule has 1 aromatic heterocycles. The Morgan fingerprint density at radius 1 is 1.19 bits per heavy atom. The largest absolute Gasteiger partial charge is 0.482 e. The second-order valence-electron chi connectivity index (χ2n) is 5.60. The summed E-state index contributed by atoms with van der Waals surface area (Å²) in [6.45, 7) is 3.26. The van der Waals surface area contributed by atoms with Crippen molar-refractivity contribution in [3.8, 4) is 17.2 Å². The molecule has 0 spiro atoms. The number of ether oxygens (including phenoxy) is 3. The fraction of sp³-hybridized carbons (Fsp3) is 0.200. The summed E-state index contributed by atoms with van der Waals surface area (Å²) in [5, 5.41) is 0.246. The van der Waals surface area contributed by atoms with E-state index < -0.39 is 17.2 Å². The van der Waals surface area contributed by atoms with Crippen molar-refractivity contribution in [3.63, 3.8) is 0 Å². The van der Waals surface area contributed by atoms with Gasteiger partial charge in [0.1, 0.15) is 17.1 Å². The summed E-state index contributed by atoms with van der Waals surface area (Å²) < 4.78 is 35.0. The lowest BCUT2D eigenvalue weighted by molar-refractivity contribution is -0.145. The number of fused-ring (bicyclic) bond motifs is 1. The minimum absolute atomic E-state index is 0.0679. The van der Waals surface area contributed by atoms with Gasteiger partial charge in [0.2, 0.25) is 11.2 Å². The second kappa shape index (κ2) is 7.90. The van der Waals surface area contributed by atoms with Crippen LogP contribution in [0.1, 0.15) is 12.7 Å². The number of para-hydroxylation sites is 1. The number of esters is 1. The number of rotatable bonds is 6. The van der Waals surface area contributed by atoms with E-state index in [1.165, 1.54) is 36.4 Å². The number of aryl methyl sites for hydroxylation is 1. The first-order valence-corrected chi connectivity index (χ1v) is 8.28. The molecule has 0 bridgehead atoms. The zero-order chi connectivity index (χ0) is 19.4. The van der Waals surface area contributed by atoms with Crippen molar-refractivity contribution < 1.29 is 27.8 Å². The normalized spacial score (nSPS) is 10.6. The summed E-state index contributed by atoms with van der Waals surface area (Å²) in [6, 6.07) is 10.3. The van der Waals surface area contributed by atoms with Crippen molar-refractivity contribution in [2.45, 2.75) is 13.8 Å². The van der Waals surface area contributed by atoms with Gasteiger partial charge in [0.15, 0.2) is 18.2 Å². The van der Waals surface area contributed by atoms with Crippen LogP contribution in [-0.2, 0) is 9.53 Å². The molecule has 140 valence electrons. The summed E-state index contributed by atoms with van der Waals surface area (Å²) in [6.07, 6.45) is 0. The molecule has 1 heterocycles. The lowest BCUT2D eigenvalue weighted by atomic mass is 10.2. The summed E-state index contributed by atoms with van der Waals surface area (Å²) in [7, 11) is 0. The minimum atomic E-state index is -0.584. The molecule has 0 aliphatic carbocycles. The van der Waals surface area contributed by atoms with E-state index in [0.29, 0.717) is 5.75 Å². The number of hydrogen-bond acceptors (Lipinski definition) is 6. The molecule has 0 saturated heterocycles. The highest BCUT2D eigenvalue weighted by atomic mass is 19.1. The van der Waals surface area contributed by atoms with Gasteiger partial charge in [0.05, 0.1) is 12.0 Å². The van der Waals surface area contributed by atoms with Crippen LogP contribution in [0.2, 0.25) is 0 Å². The molecule has 0 aliphatic heterocycles. The average Bonchev–Trinajstić information content (AvgIpc) is 2.65. The molecule has 3 aromatic rings. The van der Waals surface area contributed by atoms with E-state index in [0.717, 1.165) is 0 Å². The predicted octanol–water partition coefficient (Wildman–Crippen LogP) is 3.97. The highest BCUT2D eigenvalue weighted by molar-refractivity contribution is 5.80.